The van der Waals surface area contributed by atoms with Crippen LogP contribution >= 0.6 is 0 Å². The molecule has 0 fully saturated rings. The lowest BCUT2D eigenvalue weighted by Crippen LogP contribution is -2.07. The predicted octanol–water partition coefficient (Wildman–Crippen LogP) is 1.90. The molecule has 1 aromatic carbocycles. The monoisotopic (exact) mass is 218 g/mol. The molecule has 0 atom stereocenters. The molecule has 0 aliphatic rings. The van der Waals surface area contributed by atoms with Crippen LogP contribution in [0.15, 0.2) is 36.7 Å². The zero-order valence-electron chi connectivity index (χ0n) is 8.61. The Bertz CT molecular complexity index is 462. The molecule has 16 heavy (non-hydrogen) atoms. The predicted molar refractivity (Wildman–Crippen MR) is 57.4 cm³/mol. The molecule has 0 saturated carbocycles. The first kappa shape index (κ1) is 10.5. The maximum absolute atomic E-state index is 12.6. The Balaban J connectivity index is 1.95. The van der Waals surface area contributed by atoms with Crippen LogP contribution in [0.3, 0.4) is 0 Å². The lowest BCUT2D eigenvalue weighted by atomic mass is 10.1. The van der Waals surface area contributed by atoms with Crippen LogP contribution in [0.4, 0.5) is 4.39 Å². The fourth-order valence-corrected chi connectivity index (χ4v) is 1.47. The second-order valence-electron chi connectivity index (χ2n) is 3.55. The van der Waals surface area contributed by atoms with Gasteiger partial charge in [-0.15, -0.1) is 0 Å². The van der Waals surface area contributed by atoms with E-state index in [2.05, 4.69) is 9.97 Å². The summed E-state index contributed by atoms with van der Waals surface area (Å²) in [7, 11) is 0. The number of ketones is 1. The van der Waals surface area contributed by atoms with Gasteiger partial charge in [0, 0.05) is 18.8 Å². The summed E-state index contributed by atoms with van der Waals surface area (Å²) in [4.78, 5) is 18.5. The molecule has 0 radical (unpaired) electrons. The highest BCUT2D eigenvalue weighted by atomic mass is 19.1. The number of imidazole rings is 1. The van der Waals surface area contributed by atoms with Crippen LogP contribution < -0.4 is 0 Å². The van der Waals surface area contributed by atoms with Gasteiger partial charge in [0.25, 0.3) is 0 Å². The number of carbonyl (C=O) groups is 1. The number of Topliss-reactive ketones (excluding diaryl/α,β-unsaturated/α-hetero) is 1. The molecule has 82 valence electrons. The van der Waals surface area contributed by atoms with Crippen LogP contribution in [0.25, 0.3) is 0 Å². The molecule has 4 heteroatoms. The first-order valence-corrected chi connectivity index (χ1v) is 4.98. The van der Waals surface area contributed by atoms with E-state index in [9.17, 15) is 9.18 Å². The SMILES string of the molecule is O=C(Cc1ccc(F)cc1)Cc1ncc[nH]1. The third-order valence-electron chi connectivity index (χ3n) is 2.23. The van der Waals surface area contributed by atoms with Crippen LogP contribution in [-0.2, 0) is 17.6 Å². The van der Waals surface area contributed by atoms with E-state index in [-0.39, 0.29) is 18.0 Å². The van der Waals surface area contributed by atoms with Crippen molar-refractivity contribution in [2.24, 2.45) is 0 Å². The number of rotatable bonds is 4. The van der Waals surface area contributed by atoms with Crippen LogP contribution in [-0.4, -0.2) is 15.8 Å². The highest BCUT2D eigenvalue weighted by molar-refractivity contribution is 5.82. The Hall–Kier alpha value is -1.97. The molecule has 1 N–H and O–H groups in total. The first-order valence-electron chi connectivity index (χ1n) is 4.98. The van der Waals surface area contributed by atoms with E-state index < -0.39 is 0 Å². The molecule has 0 unspecified atom stereocenters. The van der Waals surface area contributed by atoms with Gasteiger partial charge in [0.05, 0.1) is 6.42 Å². The Morgan fingerprint density at radius 2 is 2.00 bits per heavy atom. The Morgan fingerprint density at radius 3 is 2.62 bits per heavy atom. The molecule has 0 bridgehead atoms. The highest BCUT2D eigenvalue weighted by Crippen LogP contribution is 2.05. The van der Waals surface area contributed by atoms with Gasteiger partial charge < -0.3 is 4.98 Å². The number of H-pyrrole nitrogens is 1. The largest absolute Gasteiger partial charge is 0.348 e. The minimum atomic E-state index is -0.290. The molecular weight excluding hydrogens is 207 g/mol. The number of aromatic amines is 1. The standard InChI is InChI=1S/C12H11FN2O/c13-10-3-1-9(2-4-10)7-11(16)8-12-14-5-6-15-12/h1-6H,7-8H2,(H,14,15). The summed E-state index contributed by atoms with van der Waals surface area (Å²) in [6.07, 6.45) is 3.88. The lowest BCUT2D eigenvalue weighted by molar-refractivity contribution is -0.117. The van der Waals surface area contributed by atoms with E-state index in [0.29, 0.717) is 12.2 Å². The van der Waals surface area contributed by atoms with Gasteiger partial charge in [0.1, 0.15) is 17.4 Å². The van der Waals surface area contributed by atoms with E-state index in [0.717, 1.165) is 5.56 Å². The van der Waals surface area contributed by atoms with Crippen molar-refractivity contribution in [2.45, 2.75) is 12.8 Å². The highest BCUT2D eigenvalue weighted by Gasteiger charge is 2.06. The quantitative estimate of drug-likeness (QED) is 0.851. The van der Waals surface area contributed by atoms with Gasteiger partial charge >= 0.3 is 0 Å². The van der Waals surface area contributed by atoms with Crippen molar-refractivity contribution in [3.8, 4) is 0 Å². The molecule has 0 aliphatic carbocycles. The maximum Gasteiger partial charge on any atom is 0.144 e. The first-order chi connectivity index (χ1) is 7.74. The zero-order chi connectivity index (χ0) is 11.4. The van der Waals surface area contributed by atoms with E-state index in [1.54, 1.807) is 24.5 Å². The van der Waals surface area contributed by atoms with E-state index >= 15 is 0 Å². The number of carbonyl (C=O) groups excluding carboxylic acids is 1. The van der Waals surface area contributed by atoms with Crippen molar-refractivity contribution in [1.29, 1.82) is 0 Å². The van der Waals surface area contributed by atoms with Crippen molar-refractivity contribution in [2.75, 3.05) is 0 Å². The van der Waals surface area contributed by atoms with E-state index in [4.69, 9.17) is 0 Å². The van der Waals surface area contributed by atoms with Gasteiger partial charge in [-0.2, -0.15) is 0 Å². The average molecular weight is 218 g/mol. The molecule has 1 aromatic heterocycles. The number of halogens is 1. The van der Waals surface area contributed by atoms with E-state index in [1.807, 2.05) is 0 Å². The third-order valence-corrected chi connectivity index (χ3v) is 2.23. The second kappa shape index (κ2) is 4.70. The van der Waals surface area contributed by atoms with Crippen molar-refractivity contribution in [3.63, 3.8) is 0 Å². The van der Waals surface area contributed by atoms with E-state index in [1.165, 1.54) is 12.1 Å². The lowest BCUT2D eigenvalue weighted by Gasteiger charge is -1.99. The van der Waals surface area contributed by atoms with Gasteiger partial charge in [-0.25, -0.2) is 9.37 Å². The summed E-state index contributed by atoms with van der Waals surface area (Å²) in [6.45, 7) is 0. The molecule has 0 amide bonds. The number of hydrogen-bond acceptors (Lipinski definition) is 2. The number of hydrogen-bond donors (Lipinski definition) is 1. The minimum Gasteiger partial charge on any atom is -0.348 e. The molecule has 0 aliphatic heterocycles. The minimum absolute atomic E-state index is 0.0570. The number of nitrogens with one attached hydrogen (secondary N) is 1. The van der Waals surface area contributed by atoms with Gasteiger partial charge in [0.15, 0.2) is 0 Å². The normalized spacial score (nSPS) is 10.3. The molecule has 3 nitrogen and oxygen atoms in total. The number of benzene rings is 1. The topological polar surface area (TPSA) is 45.8 Å². The molecule has 1 heterocycles. The van der Waals surface area contributed by atoms with Gasteiger partial charge in [0.2, 0.25) is 0 Å². The van der Waals surface area contributed by atoms with Crippen LogP contribution in [0.1, 0.15) is 11.4 Å². The summed E-state index contributed by atoms with van der Waals surface area (Å²) in [6, 6.07) is 5.95. The maximum atomic E-state index is 12.6. The third kappa shape index (κ3) is 2.76. The van der Waals surface area contributed by atoms with Gasteiger partial charge in [-0.1, -0.05) is 12.1 Å². The second-order valence-corrected chi connectivity index (χ2v) is 3.55. The van der Waals surface area contributed by atoms with Gasteiger partial charge in [-0.05, 0) is 17.7 Å². The summed E-state index contributed by atoms with van der Waals surface area (Å²) in [5.74, 6) is 0.427. The zero-order valence-corrected chi connectivity index (χ0v) is 8.61. The van der Waals surface area contributed by atoms with Crippen molar-refractivity contribution in [1.82, 2.24) is 9.97 Å². The van der Waals surface area contributed by atoms with Crippen LogP contribution in [0.2, 0.25) is 0 Å². The summed E-state index contributed by atoms with van der Waals surface area (Å²) in [5, 5.41) is 0. The molecule has 2 aromatic rings. The Kier molecular flexibility index (Phi) is 3.10. The van der Waals surface area contributed by atoms with Crippen molar-refractivity contribution in [3.05, 3.63) is 53.9 Å². The van der Waals surface area contributed by atoms with Gasteiger partial charge in [-0.3, -0.25) is 4.79 Å². The molecule has 0 spiro atoms. The summed E-state index contributed by atoms with van der Waals surface area (Å²) < 4.78 is 12.6. The smallest absolute Gasteiger partial charge is 0.144 e. The summed E-state index contributed by atoms with van der Waals surface area (Å²) in [5.41, 5.74) is 0.818. The fourth-order valence-electron chi connectivity index (χ4n) is 1.47. The summed E-state index contributed by atoms with van der Waals surface area (Å²) >= 11 is 0. The fraction of sp³-hybridized carbons (Fsp3) is 0.167. The van der Waals surface area contributed by atoms with Crippen molar-refractivity contribution >= 4 is 5.78 Å². The Morgan fingerprint density at radius 1 is 1.25 bits per heavy atom. The van der Waals surface area contributed by atoms with Crippen LogP contribution in [0.5, 0.6) is 0 Å². The van der Waals surface area contributed by atoms with Crippen molar-refractivity contribution < 1.29 is 9.18 Å². The Labute approximate surface area is 92.3 Å². The molecule has 2 rings (SSSR count). The van der Waals surface area contributed by atoms with Crippen LogP contribution in [0, 0.1) is 5.82 Å². The number of nitrogens with zero attached hydrogens (tertiary/aromatic N) is 1. The number of aromatic nitrogens is 2. The average Bonchev–Trinajstić information content (AvgIpc) is 2.74. The molecular formula is C12H11FN2O. The molecule has 0 saturated heterocycles.